The molecule has 0 radical (unpaired) electrons. The lowest BCUT2D eigenvalue weighted by Gasteiger charge is -2.58. The Labute approximate surface area is 155 Å². The zero-order valence-corrected chi connectivity index (χ0v) is 15.7. The summed E-state index contributed by atoms with van der Waals surface area (Å²) in [6.45, 7) is 2.70. The molecule has 3 unspecified atom stereocenters. The second-order valence-corrected chi connectivity index (χ2v) is 9.19. The Kier molecular flexibility index (Phi) is 3.54. The smallest absolute Gasteiger partial charge is 0.321 e. The number of carbonyl (C=O) groups excluding carboxylic acids is 1. The van der Waals surface area contributed by atoms with E-state index in [1.54, 1.807) is 11.3 Å². The highest BCUT2D eigenvalue weighted by atomic mass is 32.2. The van der Waals surface area contributed by atoms with Crippen LogP contribution in [0.25, 0.3) is 0 Å². The van der Waals surface area contributed by atoms with Crippen LogP contribution in [0, 0.1) is 12.8 Å². The van der Waals surface area contributed by atoms with Crippen molar-refractivity contribution in [3.05, 3.63) is 51.7 Å². The number of hydrogen-bond acceptors (Lipinski definition) is 4. The number of amides is 2. The molecule has 1 N–H and O–H groups in total. The minimum atomic E-state index is -0.523. The van der Waals surface area contributed by atoms with Crippen molar-refractivity contribution in [3.8, 4) is 5.75 Å². The van der Waals surface area contributed by atoms with Crippen LogP contribution in [-0.2, 0) is 6.54 Å². The van der Waals surface area contributed by atoms with E-state index in [0.717, 1.165) is 29.2 Å². The summed E-state index contributed by atoms with van der Waals surface area (Å²) in [6, 6.07) is 10.5. The number of carbonyl (C=O) groups is 1. The van der Waals surface area contributed by atoms with Crippen molar-refractivity contribution in [1.29, 1.82) is 0 Å². The number of nitrogens with one attached hydrogen (secondary N) is 1. The third-order valence-electron chi connectivity index (χ3n) is 5.55. The number of thioether (sulfide) groups is 1. The molecule has 2 fully saturated rings. The van der Waals surface area contributed by atoms with Crippen molar-refractivity contribution in [3.63, 3.8) is 0 Å². The summed E-state index contributed by atoms with van der Waals surface area (Å²) in [5.74, 6) is 3.24. The predicted molar refractivity (Wildman–Crippen MR) is 101 cm³/mol. The second kappa shape index (κ2) is 5.68. The van der Waals surface area contributed by atoms with Crippen LogP contribution in [0.1, 0.15) is 28.5 Å². The van der Waals surface area contributed by atoms with E-state index in [-0.39, 0.29) is 18.0 Å². The van der Waals surface area contributed by atoms with E-state index in [2.05, 4.69) is 41.9 Å². The molecule has 5 rings (SSSR count). The first-order chi connectivity index (χ1) is 12.2. The lowest BCUT2D eigenvalue weighted by molar-refractivity contribution is -0.142. The number of hydrogen-bond donors (Lipinski definition) is 1. The van der Waals surface area contributed by atoms with E-state index < -0.39 is 5.72 Å². The van der Waals surface area contributed by atoms with Crippen LogP contribution in [0.4, 0.5) is 4.79 Å². The molecule has 0 saturated carbocycles. The summed E-state index contributed by atoms with van der Waals surface area (Å²) in [7, 11) is 0. The SMILES string of the molecule is Cc1ccc2c(c1)C1NC(=O)N(Cc3cccs3)C3(CCSCC13)O2. The molecule has 2 amide bonds. The Bertz CT molecular complexity index is 823. The molecule has 1 aromatic heterocycles. The minimum Gasteiger partial charge on any atom is -0.467 e. The second-order valence-electron chi connectivity index (χ2n) is 7.01. The molecule has 6 heteroatoms. The summed E-state index contributed by atoms with van der Waals surface area (Å²) >= 11 is 3.66. The molecule has 3 aliphatic heterocycles. The summed E-state index contributed by atoms with van der Waals surface area (Å²) in [6.07, 6.45) is 0.880. The van der Waals surface area contributed by atoms with Gasteiger partial charge in [0.05, 0.1) is 18.5 Å². The molecule has 2 bridgehead atoms. The number of rotatable bonds is 2. The van der Waals surface area contributed by atoms with Gasteiger partial charge >= 0.3 is 6.03 Å². The maximum atomic E-state index is 13.0. The Hall–Kier alpha value is -1.66. The Morgan fingerprint density at radius 2 is 2.32 bits per heavy atom. The molecule has 0 aliphatic carbocycles. The lowest BCUT2D eigenvalue weighted by Crippen LogP contribution is -2.72. The first kappa shape index (κ1) is 15.6. The molecular formula is C19H20N2O2S2. The van der Waals surface area contributed by atoms with Gasteiger partial charge in [0.1, 0.15) is 5.75 Å². The van der Waals surface area contributed by atoms with E-state index >= 15 is 0 Å². The van der Waals surface area contributed by atoms with Gasteiger partial charge in [0.25, 0.3) is 0 Å². The topological polar surface area (TPSA) is 41.6 Å². The van der Waals surface area contributed by atoms with E-state index in [1.165, 1.54) is 10.4 Å². The third kappa shape index (κ3) is 2.30. The first-order valence-corrected chi connectivity index (χ1v) is 10.7. The number of fused-ring (bicyclic) bond motifs is 2. The fourth-order valence-corrected chi connectivity index (χ4v) is 6.36. The molecule has 130 valence electrons. The monoisotopic (exact) mass is 372 g/mol. The van der Waals surface area contributed by atoms with Gasteiger partial charge in [-0.3, -0.25) is 4.90 Å². The third-order valence-corrected chi connectivity index (χ3v) is 7.49. The highest BCUT2D eigenvalue weighted by Gasteiger charge is 2.60. The van der Waals surface area contributed by atoms with Crippen molar-refractivity contribution in [2.75, 3.05) is 11.5 Å². The van der Waals surface area contributed by atoms with Crippen LogP contribution >= 0.6 is 23.1 Å². The van der Waals surface area contributed by atoms with Crippen LogP contribution in [0.15, 0.2) is 35.7 Å². The van der Waals surface area contributed by atoms with Crippen LogP contribution in [0.5, 0.6) is 5.75 Å². The number of nitrogens with zero attached hydrogens (tertiary/aromatic N) is 1. The standard InChI is InChI=1S/C19H20N2O2S2/c1-12-4-5-16-14(9-12)17-15-11-24-8-6-19(15,23-16)21(18(22)20-17)10-13-3-2-7-25-13/h2-5,7,9,15,17H,6,8,10-11H2,1H3,(H,20,22). The fraction of sp³-hybridized carbons (Fsp3) is 0.421. The number of aryl methyl sites for hydroxylation is 1. The van der Waals surface area contributed by atoms with Crippen LogP contribution < -0.4 is 10.1 Å². The molecule has 1 aromatic carbocycles. The maximum absolute atomic E-state index is 13.0. The van der Waals surface area contributed by atoms with Crippen molar-refractivity contribution in [2.45, 2.75) is 31.7 Å². The van der Waals surface area contributed by atoms with Gasteiger partial charge in [0.15, 0.2) is 5.72 Å². The van der Waals surface area contributed by atoms with Crippen molar-refractivity contribution < 1.29 is 9.53 Å². The quantitative estimate of drug-likeness (QED) is 0.860. The minimum absolute atomic E-state index is 0.00583. The average molecular weight is 373 g/mol. The van der Waals surface area contributed by atoms with Gasteiger partial charge in [-0.05, 0) is 30.2 Å². The van der Waals surface area contributed by atoms with Crippen molar-refractivity contribution in [1.82, 2.24) is 10.2 Å². The maximum Gasteiger partial charge on any atom is 0.321 e. The molecule has 25 heavy (non-hydrogen) atoms. The van der Waals surface area contributed by atoms with Gasteiger partial charge in [-0.25, -0.2) is 4.79 Å². The molecule has 0 spiro atoms. The predicted octanol–water partition coefficient (Wildman–Crippen LogP) is 4.16. The number of thiophene rings is 1. The number of benzene rings is 1. The molecular weight excluding hydrogens is 352 g/mol. The van der Waals surface area contributed by atoms with E-state index in [9.17, 15) is 4.79 Å². The van der Waals surface area contributed by atoms with Gasteiger partial charge < -0.3 is 10.1 Å². The van der Waals surface area contributed by atoms with Crippen LogP contribution in [0.3, 0.4) is 0 Å². The largest absolute Gasteiger partial charge is 0.467 e. The zero-order valence-electron chi connectivity index (χ0n) is 14.0. The van der Waals surface area contributed by atoms with E-state index in [0.29, 0.717) is 6.54 Å². The Balaban J connectivity index is 1.62. The molecule has 2 saturated heterocycles. The van der Waals surface area contributed by atoms with Gasteiger partial charge in [-0.1, -0.05) is 23.8 Å². The van der Waals surface area contributed by atoms with Crippen molar-refractivity contribution in [2.24, 2.45) is 5.92 Å². The highest BCUT2D eigenvalue weighted by molar-refractivity contribution is 7.99. The van der Waals surface area contributed by atoms with Gasteiger partial charge in [-0.15, -0.1) is 11.3 Å². The van der Waals surface area contributed by atoms with Gasteiger partial charge in [0, 0.05) is 22.6 Å². The Morgan fingerprint density at radius 3 is 3.16 bits per heavy atom. The van der Waals surface area contributed by atoms with Gasteiger partial charge in [-0.2, -0.15) is 11.8 Å². The summed E-state index contributed by atoms with van der Waals surface area (Å²) in [5, 5.41) is 5.35. The summed E-state index contributed by atoms with van der Waals surface area (Å²) in [5.41, 5.74) is 1.81. The molecule has 4 nitrogen and oxygen atoms in total. The molecule has 4 heterocycles. The van der Waals surface area contributed by atoms with E-state index in [1.807, 2.05) is 22.7 Å². The Morgan fingerprint density at radius 1 is 1.40 bits per heavy atom. The fourth-order valence-electron chi connectivity index (χ4n) is 4.35. The van der Waals surface area contributed by atoms with Crippen LogP contribution in [0.2, 0.25) is 0 Å². The molecule has 3 aliphatic rings. The van der Waals surface area contributed by atoms with Gasteiger partial charge in [0.2, 0.25) is 0 Å². The zero-order chi connectivity index (χ0) is 17.0. The number of urea groups is 1. The molecule has 3 atom stereocenters. The van der Waals surface area contributed by atoms with E-state index in [4.69, 9.17) is 4.74 Å². The van der Waals surface area contributed by atoms with Crippen molar-refractivity contribution >= 4 is 29.1 Å². The first-order valence-electron chi connectivity index (χ1n) is 8.65. The summed E-state index contributed by atoms with van der Waals surface area (Å²) < 4.78 is 6.64. The lowest BCUT2D eigenvalue weighted by atomic mass is 9.78. The average Bonchev–Trinajstić information content (AvgIpc) is 3.12. The highest BCUT2D eigenvalue weighted by Crippen LogP contribution is 2.53. The summed E-state index contributed by atoms with van der Waals surface area (Å²) in [4.78, 5) is 16.2. The molecule has 2 aromatic rings. The normalized spacial score (nSPS) is 30.1. The number of ether oxygens (including phenoxy) is 1. The van der Waals surface area contributed by atoms with Crippen LogP contribution in [-0.4, -0.2) is 28.2 Å².